The van der Waals surface area contributed by atoms with E-state index in [-0.39, 0.29) is 63.0 Å². The summed E-state index contributed by atoms with van der Waals surface area (Å²) in [5.74, 6) is 0.246. The quantitative estimate of drug-likeness (QED) is 0.0822. The van der Waals surface area contributed by atoms with Gasteiger partial charge in [0, 0.05) is 61.3 Å². The number of carbonyl (C=O) groups is 1. The molecular formula is C40H50CuN10O11+4. The monoisotopic (exact) mass is 909 g/mol. The van der Waals surface area contributed by atoms with Crippen molar-refractivity contribution in [1.29, 1.82) is 0 Å². The molecule has 62 heavy (non-hydrogen) atoms. The average Bonchev–Trinajstić information content (AvgIpc) is 3.92. The van der Waals surface area contributed by atoms with Crippen molar-refractivity contribution in [3.05, 3.63) is 159 Å². The predicted octanol–water partition coefficient (Wildman–Crippen LogP) is 2.82. The molecular weight excluding hydrogens is 860 g/mol. The van der Waals surface area contributed by atoms with E-state index < -0.39 is 16.2 Å². The van der Waals surface area contributed by atoms with Crippen molar-refractivity contribution in [2.75, 3.05) is 17.4 Å². The Kier molecular flexibility index (Phi) is 20.6. The number of benzene rings is 3. The van der Waals surface area contributed by atoms with Crippen LogP contribution in [0.2, 0.25) is 0 Å². The van der Waals surface area contributed by atoms with Crippen LogP contribution in [0.25, 0.3) is 16.6 Å². The van der Waals surface area contributed by atoms with Crippen molar-refractivity contribution in [1.82, 2.24) is 19.4 Å². The van der Waals surface area contributed by atoms with Gasteiger partial charge in [-0.25, -0.2) is 35.5 Å². The minimum atomic E-state index is -1.25. The molecule has 12 N–H and O–H groups in total. The van der Waals surface area contributed by atoms with Crippen LogP contribution in [0.5, 0.6) is 0 Å². The predicted molar refractivity (Wildman–Crippen MR) is 228 cm³/mol. The van der Waals surface area contributed by atoms with Crippen LogP contribution in [0.4, 0.5) is 11.4 Å². The number of amides is 1. The Hall–Kier alpha value is -7.20. The van der Waals surface area contributed by atoms with Crippen LogP contribution in [0.15, 0.2) is 142 Å². The third kappa shape index (κ3) is 12.4. The first-order chi connectivity index (χ1) is 27.8. The molecule has 4 atom stereocenters. The number of hydrazine groups is 1. The molecule has 1 radical (unpaired) electrons. The topological polar surface area (TPSA) is 319 Å². The number of allylic oxidation sites excluding steroid dienone is 2. The number of carbonyl (C=O) groups excluding carboxylic acids is 1. The molecule has 21 nitrogen and oxygen atoms in total. The van der Waals surface area contributed by atoms with Gasteiger partial charge in [-0.05, 0) is 49.8 Å². The Labute approximate surface area is 364 Å². The van der Waals surface area contributed by atoms with Gasteiger partial charge >= 0.3 is 27.2 Å². The van der Waals surface area contributed by atoms with Gasteiger partial charge in [-0.1, -0.05) is 78.9 Å². The number of anilines is 2. The van der Waals surface area contributed by atoms with Crippen LogP contribution in [-0.4, -0.2) is 110 Å². The van der Waals surface area contributed by atoms with E-state index in [0.717, 1.165) is 39.1 Å². The summed E-state index contributed by atoms with van der Waals surface area (Å²) < 4.78 is 3.54. The number of nitrogens with zero attached hydrogens (tertiary/aromatic N) is 8. The van der Waals surface area contributed by atoms with Crippen molar-refractivity contribution < 1.29 is 69.3 Å². The van der Waals surface area contributed by atoms with E-state index in [0.29, 0.717) is 5.69 Å². The molecule has 22 heteroatoms. The Morgan fingerprint density at radius 1 is 0.823 bits per heavy atom. The molecule has 2 aliphatic heterocycles. The summed E-state index contributed by atoms with van der Waals surface area (Å²) in [5, 5.41) is 33.0. The van der Waals surface area contributed by atoms with Crippen LogP contribution in [0.3, 0.4) is 0 Å². The standard InChI is InChI=1S/2C20H20N4O.Cu.2H2NO3.3H2O/c2*1-14-19(20(25)24(23(14)2)16-8-4-3-5-9-16)22-13-15-12-21-18-11-7-6-10-17(15)18;;2*2-1(3)4;;;/h3-13,17-18,22H,1-2H3;3-14,19,21H,1-2H3;;2*(H2,2,3,4);3*1H2/q;;+2;2*+1;;;/b15-13-;;;;;;;. The first-order valence-electron chi connectivity index (χ1n) is 17.9. The molecule has 4 unspecified atom stereocenters. The van der Waals surface area contributed by atoms with Crippen LogP contribution < -0.4 is 15.9 Å². The summed E-state index contributed by atoms with van der Waals surface area (Å²) in [6, 6.07) is 27.2. The first kappa shape index (κ1) is 52.8. The van der Waals surface area contributed by atoms with Gasteiger partial charge in [0.2, 0.25) is 0 Å². The van der Waals surface area contributed by atoms with Crippen molar-refractivity contribution >= 4 is 40.6 Å². The van der Waals surface area contributed by atoms with Gasteiger partial charge in [-0.15, -0.1) is 0 Å². The van der Waals surface area contributed by atoms with Crippen molar-refractivity contribution in [2.24, 2.45) is 23.0 Å². The van der Waals surface area contributed by atoms with Gasteiger partial charge in [-0.2, -0.15) is 0 Å². The number of rotatable bonds is 6. The van der Waals surface area contributed by atoms with Crippen LogP contribution in [-0.2, 0) is 28.9 Å². The molecule has 1 amide bonds. The number of H-pyrrole nitrogens is 1. The van der Waals surface area contributed by atoms with Crippen molar-refractivity contribution in [3.63, 3.8) is 0 Å². The first-order valence-corrected chi connectivity index (χ1v) is 17.9. The number of para-hydroxylation sites is 3. The fraction of sp³-hybridized carbons (Fsp3) is 0.200. The van der Waals surface area contributed by atoms with E-state index in [1.807, 2.05) is 147 Å². The van der Waals surface area contributed by atoms with E-state index in [1.165, 1.54) is 0 Å². The summed E-state index contributed by atoms with van der Waals surface area (Å²) in [6.45, 7) is 3.97. The Morgan fingerprint density at radius 2 is 1.37 bits per heavy atom. The molecule has 0 spiro atoms. The van der Waals surface area contributed by atoms with E-state index in [1.54, 1.807) is 15.9 Å². The number of likely N-dealkylation sites (N-methyl/N-ethyl adjacent to an activating group) is 1. The molecule has 1 saturated heterocycles. The Bertz CT molecular complexity index is 2450. The summed E-state index contributed by atoms with van der Waals surface area (Å²) in [5.41, 5.74) is 6.28. The maximum absolute atomic E-state index is 12.9. The number of hydrogen-bond acceptors (Lipinski definition) is 8. The number of aliphatic imine (C=N–C) groups is 2. The van der Waals surface area contributed by atoms with Crippen molar-refractivity contribution in [3.8, 4) is 5.69 Å². The van der Waals surface area contributed by atoms with Gasteiger partial charge in [0.1, 0.15) is 21.5 Å². The van der Waals surface area contributed by atoms with Gasteiger partial charge < -0.3 is 26.7 Å². The summed E-state index contributed by atoms with van der Waals surface area (Å²) in [4.78, 5) is 55.1. The zero-order valence-corrected chi connectivity index (χ0v) is 34.8. The van der Waals surface area contributed by atoms with E-state index in [9.17, 15) is 9.59 Å². The van der Waals surface area contributed by atoms with E-state index >= 15 is 0 Å². The fourth-order valence-electron chi connectivity index (χ4n) is 6.63. The molecule has 0 bridgehead atoms. The second-order valence-electron chi connectivity index (χ2n) is 13.1. The number of aromatic amines is 1. The smallest absolute Gasteiger partial charge is 0.412 e. The SMILES string of the molecule is CC1C(N=Cc2c[nH]c3ccccc23)C(=O)N(c2ccccc2)N1C.Cc1c(N/C=C2/C=NC3C=CC=CC23)c(=O)n(-c2ccccc2)n1C.O.O.O.O=[N+](O)O.O=[N+](O)O.[Cu+2]. The summed E-state index contributed by atoms with van der Waals surface area (Å²) >= 11 is 0. The molecule has 3 aliphatic rings. The maximum Gasteiger partial charge on any atom is 2.00 e. The molecule has 0 saturated carbocycles. The van der Waals surface area contributed by atoms with Crippen LogP contribution >= 0.6 is 0 Å². The average molecular weight is 910 g/mol. The fourth-order valence-corrected chi connectivity index (χ4v) is 6.63. The second kappa shape index (κ2) is 24.2. The van der Waals surface area contributed by atoms with E-state index in [2.05, 4.69) is 38.5 Å². The third-order valence-corrected chi connectivity index (χ3v) is 9.64. The number of hydrogen-bond donors (Lipinski definition) is 6. The largest absolute Gasteiger partial charge is 2.00 e. The van der Waals surface area contributed by atoms with Gasteiger partial charge in [0.05, 0.1) is 29.2 Å². The number of fused-ring (bicyclic) bond motifs is 2. The maximum atomic E-state index is 12.9. The number of aromatic nitrogens is 3. The zero-order valence-electron chi connectivity index (χ0n) is 33.8. The minimum Gasteiger partial charge on any atom is -0.412 e. The molecule has 333 valence electrons. The van der Waals surface area contributed by atoms with Gasteiger partial charge in [0.15, 0.2) is 0 Å². The zero-order chi connectivity index (χ0) is 41.9. The third-order valence-electron chi connectivity index (χ3n) is 9.64. The molecule has 8 rings (SSSR count). The normalized spacial score (nSPS) is 18.6. The van der Waals surface area contributed by atoms with Gasteiger partial charge in [0.25, 0.3) is 11.5 Å². The summed E-state index contributed by atoms with van der Waals surface area (Å²) in [7, 11) is 3.82. The molecule has 1 aliphatic carbocycles. The van der Waals surface area contributed by atoms with Crippen LogP contribution in [0, 0.1) is 22.7 Å². The molecule has 5 aromatic rings. The molecule has 2 aromatic heterocycles. The Morgan fingerprint density at radius 3 is 1.98 bits per heavy atom. The minimum absolute atomic E-state index is 0. The molecule has 3 aromatic carbocycles. The molecule has 4 heterocycles. The van der Waals surface area contributed by atoms with Crippen LogP contribution in [0.1, 0.15) is 18.2 Å². The molecule has 1 fully saturated rings. The van der Waals surface area contributed by atoms with Crippen molar-refractivity contribution in [2.45, 2.75) is 32.0 Å². The second-order valence-corrected chi connectivity index (χ2v) is 13.1. The Balaban J connectivity index is 0.000000501. The summed E-state index contributed by atoms with van der Waals surface area (Å²) in [6.07, 6.45) is 15.8. The number of nitrogens with one attached hydrogen (secondary N) is 2. The van der Waals surface area contributed by atoms with E-state index in [4.69, 9.17) is 30.6 Å². The van der Waals surface area contributed by atoms with Gasteiger partial charge in [-0.3, -0.25) is 24.3 Å².